The van der Waals surface area contributed by atoms with Crippen LogP contribution >= 0.6 is 11.8 Å². The first kappa shape index (κ1) is 20.8. The van der Waals surface area contributed by atoms with Gasteiger partial charge in [0.25, 0.3) is 0 Å². The van der Waals surface area contributed by atoms with Crippen LogP contribution < -0.4 is 14.8 Å². The number of carbonyl (C=O) groups is 1. The van der Waals surface area contributed by atoms with Gasteiger partial charge in [-0.15, -0.1) is 11.8 Å². The molecular formula is C24H23N3O3S. The highest BCUT2D eigenvalue weighted by Crippen LogP contribution is 2.29. The summed E-state index contributed by atoms with van der Waals surface area (Å²) in [5.41, 5.74) is 2.92. The predicted octanol–water partition coefficient (Wildman–Crippen LogP) is 4.98. The Balaban J connectivity index is 1.44. The van der Waals surface area contributed by atoms with Crippen molar-refractivity contribution in [3.8, 4) is 11.5 Å². The van der Waals surface area contributed by atoms with E-state index in [0.717, 1.165) is 38.9 Å². The SMILES string of the molecule is COc1ccc(CSc2nccc3c2ccn3CC(=O)Nc2ccc(OC)cc2)cc1. The van der Waals surface area contributed by atoms with Gasteiger partial charge < -0.3 is 19.4 Å². The van der Waals surface area contributed by atoms with Crippen LogP contribution in [0.4, 0.5) is 5.69 Å². The number of carbonyl (C=O) groups excluding carboxylic acids is 1. The molecule has 31 heavy (non-hydrogen) atoms. The Morgan fingerprint density at radius 1 is 0.968 bits per heavy atom. The molecule has 6 nitrogen and oxygen atoms in total. The molecule has 7 heteroatoms. The summed E-state index contributed by atoms with van der Waals surface area (Å²) in [5, 5.41) is 4.91. The number of hydrogen-bond donors (Lipinski definition) is 1. The van der Waals surface area contributed by atoms with Crippen LogP contribution in [0.15, 0.2) is 78.1 Å². The quantitative estimate of drug-likeness (QED) is 0.397. The molecule has 0 saturated carbocycles. The van der Waals surface area contributed by atoms with E-state index in [2.05, 4.69) is 22.4 Å². The number of methoxy groups -OCH3 is 2. The van der Waals surface area contributed by atoms with Gasteiger partial charge in [-0.2, -0.15) is 0 Å². The first-order valence-electron chi connectivity index (χ1n) is 9.80. The Labute approximate surface area is 185 Å². The zero-order chi connectivity index (χ0) is 21.6. The van der Waals surface area contributed by atoms with E-state index in [-0.39, 0.29) is 12.5 Å². The second-order valence-electron chi connectivity index (χ2n) is 6.91. The molecular weight excluding hydrogens is 410 g/mol. The van der Waals surface area contributed by atoms with Crippen LogP contribution in [0.1, 0.15) is 5.56 Å². The molecule has 4 rings (SSSR count). The van der Waals surface area contributed by atoms with Crippen LogP contribution in [0.25, 0.3) is 10.9 Å². The summed E-state index contributed by atoms with van der Waals surface area (Å²) in [5.74, 6) is 2.31. The Morgan fingerprint density at radius 3 is 2.32 bits per heavy atom. The molecule has 4 aromatic rings. The summed E-state index contributed by atoms with van der Waals surface area (Å²) in [6.45, 7) is 0.224. The largest absolute Gasteiger partial charge is 0.497 e. The zero-order valence-electron chi connectivity index (χ0n) is 17.4. The summed E-state index contributed by atoms with van der Waals surface area (Å²) < 4.78 is 12.3. The number of anilines is 1. The summed E-state index contributed by atoms with van der Waals surface area (Å²) in [6, 6.07) is 19.3. The van der Waals surface area contributed by atoms with Gasteiger partial charge in [-0.3, -0.25) is 4.79 Å². The lowest BCUT2D eigenvalue weighted by Gasteiger charge is -2.09. The van der Waals surface area contributed by atoms with E-state index in [4.69, 9.17) is 9.47 Å². The van der Waals surface area contributed by atoms with Crippen LogP contribution in [-0.4, -0.2) is 29.7 Å². The van der Waals surface area contributed by atoms with Crippen molar-refractivity contribution >= 4 is 34.3 Å². The van der Waals surface area contributed by atoms with E-state index in [1.165, 1.54) is 5.56 Å². The number of pyridine rings is 1. The van der Waals surface area contributed by atoms with E-state index < -0.39 is 0 Å². The molecule has 0 atom stereocenters. The normalized spacial score (nSPS) is 10.8. The minimum atomic E-state index is -0.0908. The third-order valence-electron chi connectivity index (χ3n) is 4.88. The first-order valence-corrected chi connectivity index (χ1v) is 10.8. The van der Waals surface area contributed by atoms with Crippen LogP contribution in [-0.2, 0) is 17.1 Å². The third-order valence-corrected chi connectivity index (χ3v) is 5.96. The van der Waals surface area contributed by atoms with Crippen LogP contribution in [0.3, 0.4) is 0 Å². The number of thioether (sulfide) groups is 1. The van der Waals surface area contributed by atoms with Crippen LogP contribution in [0, 0.1) is 0 Å². The van der Waals surface area contributed by atoms with Gasteiger partial charge in [0.2, 0.25) is 5.91 Å². The molecule has 0 aliphatic carbocycles. The molecule has 2 aromatic heterocycles. The molecule has 1 amide bonds. The summed E-state index contributed by atoms with van der Waals surface area (Å²) in [7, 11) is 3.28. The number of hydrogen-bond acceptors (Lipinski definition) is 5. The Bertz CT molecular complexity index is 1170. The van der Waals surface area contributed by atoms with Crippen molar-refractivity contribution in [2.45, 2.75) is 17.3 Å². The number of nitrogens with one attached hydrogen (secondary N) is 1. The lowest BCUT2D eigenvalue weighted by molar-refractivity contribution is -0.116. The number of rotatable bonds is 8. The number of aromatic nitrogens is 2. The minimum Gasteiger partial charge on any atom is -0.497 e. The molecule has 0 aliphatic heterocycles. The zero-order valence-corrected chi connectivity index (χ0v) is 18.2. The molecule has 0 aliphatic rings. The summed E-state index contributed by atoms with van der Waals surface area (Å²) in [4.78, 5) is 17.1. The molecule has 0 fully saturated rings. The second-order valence-corrected chi connectivity index (χ2v) is 7.87. The Hall–Kier alpha value is -3.45. The first-order chi connectivity index (χ1) is 15.2. The lowest BCUT2D eigenvalue weighted by Crippen LogP contribution is -2.18. The van der Waals surface area contributed by atoms with Crippen molar-refractivity contribution in [3.63, 3.8) is 0 Å². The standard InChI is InChI=1S/C24H23N3O3S/c1-29-19-7-3-17(4-8-19)16-31-24-21-12-14-27(22(21)11-13-25-24)15-23(28)26-18-5-9-20(30-2)10-6-18/h3-14H,15-16H2,1-2H3,(H,26,28). The molecule has 0 unspecified atom stereocenters. The maximum absolute atomic E-state index is 12.5. The van der Waals surface area contributed by atoms with Gasteiger partial charge in [0.1, 0.15) is 23.1 Å². The third kappa shape index (κ3) is 5.00. The fraction of sp³-hybridized carbons (Fsp3) is 0.167. The molecule has 2 heterocycles. The summed E-state index contributed by atoms with van der Waals surface area (Å²) in [6.07, 6.45) is 3.72. The van der Waals surface area contributed by atoms with E-state index >= 15 is 0 Å². The number of benzene rings is 2. The van der Waals surface area contributed by atoms with E-state index in [9.17, 15) is 4.79 Å². The van der Waals surface area contributed by atoms with Gasteiger partial charge in [-0.05, 0) is 54.1 Å². The maximum atomic E-state index is 12.5. The van der Waals surface area contributed by atoms with Gasteiger partial charge >= 0.3 is 0 Å². The highest BCUT2D eigenvalue weighted by molar-refractivity contribution is 7.98. The number of fused-ring (bicyclic) bond motifs is 1. The van der Waals surface area contributed by atoms with Crippen LogP contribution in [0.5, 0.6) is 11.5 Å². The molecule has 0 saturated heterocycles. The van der Waals surface area contributed by atoms with Gasteiger partial charge in [0, 0.05) is 29.2 Å². The van der Waals surface area contributed by atoms with Crippen molar-refractivity contribution in [2.75, 3.05) is 19.5 Å². The number of amides is 1. The fourth-order valence-corrected chi connectivity index (χ4v) is 4.21. The Kier molecular flexibility index (Phi) is 6.43. The highest BCUT2D eigenvalue weighted by atomic mass is 32.2. The van der Waals surface area contributed by atoms with E-state index in [1.807, 2.05) is 59.3 Å². The van der Waals surface area contributed by atoms with E-state index in [0.29, 0.717) is 0 Å². The second kappa shape index (κ2) is 9.57. The van der Waals surface area contributed by atoms with Crippen molar-refractivity contribution in [1.82, 2.24) is 9.55 Å². The molecule has 1 N–H and O–H groups in total. The molecule has 158 valence electrons. The monoisotopic (exact) mass is 433 g/mol. The van der Waals surface area contributed by atoms with Crippen molar-refractivity contribution in [3.05, 3.63) is 78.6 Å². The number of ether oxygens (including phenoxy) is 2. The van der Waals surface area contributed by atoms with Crippen molar-refractivity contribution < 1.29 is 14.3 Å². The average Bonchev–Trinajstić information content (AvgIpc) is 3.21. The van der Waals surface area contributed by atoms with Gasteiger partial charge in [-0.1, -0.05) is 12.1 Å². The number of nitrogens with zero attached hydrogens (tertiary/aromatic N) is 2. The predicted molar refractivity (Wildman–Crippen MR) is 124 cm³/mol. The van der Waals surface area contributed by atoms with Crippen LogP contribution in [0.2, 0.25) is 0 Å². The molecule has 2 aromatic carbocycles. The van der Waals surface area contributed by atoms with Gasteiger partial charge in [0.15, 0.2) is 0 Å². The van der Waals surface area contributed by atoms with Crippen molar-refractivity contribution in [2.24, 2.45) is 0 Å². The Morgan fingerprint density at radius 2 is 1.65 bits per heavy atom. The van der Waals surface area contributed by atoms with Gasteiger partial charge in [-0.25, -0.2) is 4.98 Å². The maximum Gasteiger partial charge on any atom is 0.244 e. The van der Waals surface area contributed by atoms with E-state index in [1.54, 1.807) is 32.2 Å². The smallest absolute Gasteiger partial charge is 0.244 e. The average molecular weight is 434 g/mol. The molecule has 0 bridgehead atoms. The molecule has 0 radical (unpaired) electrons. The van der Waals surface area contributed by atoms with Crippen molar-refractivity contribution in [1.29, 1.82) is 0 Å². The van der Waals surface area contributed by atoms with Gasteiger partial charge in [0.05, 0.1) is 19.7 Å². The minimum absolute atomic E-state index is 0.0908. The molecule has 0 spiro atoms. The topological polar surface area (TPSA) is 65.4 Å². The lowest BCUT2D eigenvalue weighted by atomic mass is 10.2. The highest BCUT2D eigenvalue weighted by Gasteiger charge is 2.11. The fourth-order valence-electron chi connectivity index (χ4n) is 3.25. The summed E-state index contributed by atoms with van der Waals surface area (Å²) >= 11 is 1.68.